The zero-order valence-corrected chi connectivity index (χ0v) is 11.6. The number of aromatic nitrogens is 5. The van der Waals surface area contributed by atoms with Crippen LogP contribution in [0.3, 0.4) is 0 Å². The first-order chi connectivity index (χ1) is 9.86. The lowest BCUT2D eigenvalue weighted by atomic mass is 10.3. The molecule has 0 unspecified atom stereocenters. The van der Waals surface area contributed by atoms with Crippen molar-refractivity contribution in [1.82, 2.24) is 19.3 Å². The number of hydrogen-bond donors (Lipinski definition) is 0. The molecule has 0 aliphatic carbocycles. The highest BCUT2D eigenvalue weighted by Crippen LogP contribution is 2.08. The van der Waals surface area contributed by atoms with Crippen LogP contribution in [0, 0.1) is 0 Å². The summed E-state index contributed by atoms with van der Waals surface area (Å²) >= 11 is 0. The standard InChI is InChI=1S/C15H18N5/c1-2-3-9-18-11-12-19(13-18)14-6-4-7-15(17-14)20-10-5-8-16-20/h4-8,10-13H,2-3,9H2,1H3/q+1. The quantitative estimate of drug-likeness (QED) is 0.665. The molecule has 3 heterocycles. The molecule has 0 N–H and O–H groups in total. The monoisotopic (exact) mass is 268 g/mol. The number of imidazole rings is 1. The highest BCUT2D eigenvalue weighted by atomic mass is 15.3. The summed E-state index contributed by atoms with van der Waals surface area (Å²) in [5.41, 5.74) is 0. The van der Waals surface area contributed by atoms with Crippen LogP contribution in [-0.2, 0) is 6.54 Å². The van der Waals surface area contributed by atoms with E-state index in [1.807, 2.05) is 41.2 Å². The van der Waals surface area contributed by atoms with Gasteiger partial charge in [0.05, 0.1) is 6.54 Å². The van der Waals surface area contributed by atoms with Crippen molar-refractivity contribution < 1.29 is 4.57 Å². The molecule has 0 radical (unpaired) electrons. The minimum atomic E-state index is 0.821. The first-order valence-corrected chi connectivity index (χ1v) is 6.91. The van der Waals surface area contributed by atoms with Gasteiger partial charge in [-0.3, -0.25) is 0 Å². The first-order valence-electron chi connectivity index (χ1n) is 6.91. The summed E-state index contributed by atoms with van der Waals surface area (Å²) in [6, 6.07) is 7.83. The molecular formula is C15H18N5+. The van der Waals surface area contributed by atoms with Crippen molar-refractivity contribution in [1.29, 1.82) is 0 Å². The third-order valence-corrected chi connectivity index (χ3v) is 3.18. The number of aryl methyl sites for hydroxylation is 1. The number of unbranched alkanes of at least 4 members (excludes halogenated alkanes) is 1. The van der Waals surface area contributed by atoms with Gasteiger partial charge in [0.2, 0.25) is 12.1 Å². The van der Waals surface area contributed by atoms with Crippen LogP contribution in [0.5, 0.6) is 0 Å². The lowest BCUT2D eigenvalue weighted by Crippen LogP contribution is -2.30. The van der Waals surface area contributed by atoms with E-state index in [0.717, 1.165) is 18.2 Å². The Bertz CT molecular complexity index is 669. The third-order valence-electron chi connectivity index (χ3n) is 3.18. The van der Waals surface area contributed by atoms with Crippen LogP contribution in [0.15, 0.2) is 55.4 Å². The minimum Gasteiger partial charge on any atom is -0.236 e. The van der Waals surface area contributed by atoms with Gasteiger partial charge < -0.3 is 0 Å². The molecule has 5 heteroatoms. The van der Waals surface area contributed by atoms with Crippen molar-refractivity contribution >= 4 is 0 Å². The highest BCUT2D eigenvalue weighted by molar-refractivity contribution is 5.30. The van der Waals surface area contributed by atoms with E-state index in [9.17, 15) is 0 Å². The van der Waals surface area contributed by atoms with E-state index in [-0.39, 0.29) is 0 Å². The summed E-state index contributed by atoms with van der Waals surface area (Å²) in [7, 11) is 0. The molecule has 0 saturated heterocycles. The second-order valence-electron chi connectivity index (χ2n) is 4.72. The molecule has 0 aromatic carbocycles. The Morgan fingerprint density at radius 3 is 2.85 bits per heavy atom. The largest absolute Gasteiger partial charge is 0.250 e. The normalized spacial score (nSPS) is 10.8. The number of pyridine rings is 1. The van der Waals surface area contributed by atoms with Gasteiger partial charge in [-0.05, 0) is 18.6 Å². The van der Waals surface area contributed by atoms with Crippen LogP contribution in [0.4, 0.5) is 0 Å². The number of nitrogens with zero attached hydrogens (tertiary/aromatic N) is 5. The molecule has 0 aliphatic heterocycles. The Labute approximate surface area is 118 Å². The summed E-state index contributed by atoms with van der Waals surface area (Å²) in [5.74, 6) is 1.72. The fourth-order valence-corrected chi connectivity index (χ4v) is 2.09. The fourth-order valence-electron chi connectivity index (χ4n) is 2.09. The van der Waals surface area contributed by atoms with Gasteiger partial charge in [-0.1, -0.05) is 19.4 Å². The summed E-state index contributed by atoms with van der Waals surface area (Å²) in [5, 5.41) is 4.21. The topological polar surface area (TPSA) is 39.5 Å². The molecule has 0 aliphatic rings. The number of hydrogen-bond acceptors (Lipinski definition) is 2. The summed E-state index contributed by atoms with van der Waals surface area (Å²) in [4.78, 5) is 4.63. The third kappa shape index (κ3) is 2.61. The zero-order chi connectivity index (χ0) is 13.8. The Hall–Kier alpha value is -2.43. The van der Waals surface area contributed by atoms with Gasteiger partial charge >= 0.3 is 0 Å². The van der Waals surface area contributed by atoms with Crippen molar-refractivity contribution in [2.45, 2.75) is 26.3 Å². The molecule has 0 atom stereocenters. The van der Waals surface area contributed by atoms with Gasteiger partial charge in [0.15, 0.2) is 5.82 Å². The zero-order valence-electron chi connectivity index (χ0n) is 11.6. The molecule has 0 saturated carbocycles. The van der Waals surface area contributed by atoms with Crippen molar-refractivity contribution in [2.75, 3.05) is 0 Å². The summed E-state index contributed by atoms with van der Waals surface area (Å²) in [6.07, 6.45) is 12.2. The predicted octanol–water partition coefficient (Wildman–Crippen LogP) is 2.15. The van der Waals surface area contributed by atoms with Crippen LogP contribution in [0.25, 0.3) is 11.6 Å². The molecule has 102 valence electrons. The smallest absolute Gasteiger partial charge is 0.236 e. The highest BCUT2D eigenvalue weighted by Gasteiger charge is 2.09. The molecule has 0 amide bonds. The molecule has 20 heavy (non-hydrogen) atoms. The van der Waals surface area contributed by atoms with E-state index in [4.69, 9.17) is 0 Å². The lowest BCUT2D eigenvalue weighted by Gasteiger charge is -2.01. The van der Waals surface area contributed by atoms with Gasteiger partial charge in [0.25, 0.3) is 0 Å². The molecule has 5 nitrogen and oxygen atoms in total. The molecule has 3 rings (SSSR count). The van der Waals surface area contributed by atoms with E-state index < -0.39 is 0 Å². The van der Waals surface area contributed by atoms with Gasteiger partial charge in [-0.25, -0.2) is 9.25 Å². The van der Waals surface area contributed by atoms with Gasteiger partial charge in [0, 0.05) is 18.5 Å². The maximum absolute atomic E-state index is 4.63. The van der Waals surface area contributed by atoms with Gasteiger partial charge in [-0.15, -0.1) is 0 Å². The van der Waals surface area contributed by atoms with Crippen LogP contribution >= 0.6 is 0 Å². The molecule has 3 aromatic heterocycles. The average Bonchev–Trinajstić information content (AvgIpc) is 3.17. The Balaban J connectivity index is 1.87. The van der Waals surface area contributed by atoms with Gasteiger partial charge in [0.1, 0.15) is 12.4 Å². The van der Waals surface area contributed by atoms with E-state index >= 15 is 0 Å². The minimum absolute atomic E-state index is 0.821. The van der Waals surface area contributed by atoms with Crippen molar-refractivity contribution in [3.8, 4) is 11.6 Å². The van der Waals surface area contributed by atoms with Crippen molar-refractivity contribution in [3.63, 3.8) is 0 Å². The number of rotatable bonds is 5. The maximum atomic E-state index is 4.63. The van der Waals surface area contributed by atoms with E-state index in [0.29, 0.717) is 0 Å². The van der Waals surface area contributed by atoms with Crippen LogP contribution < -0.4 is 4.57 Å². The second kappa shape index (κ2) is 5.69. The fraction of sp³-hybridized carbons (Fsp3) is 0.267. The first kappa shape index (κ1) is 12.6. The average molecular weight is 268 g/mol. The maximum Gasteiger partial charge on any atom is 0.250 e. The molecular weight excluding hydrogens is 250 g/mol. The predicted molar refractivity (Wildman–Crippen MR) is 75.8 cm³/mol. The molecule has 0 bridgehead atoms. The summed E-state index contributed by atoms with van der Waals surface area (Å²) < 4.78 is 5.98. The molecule has 3 aromatic rings. The Morgan fingerprint density at radius 2 is 2.05 bits per heavy atom. The molecule has 0 spiro atoms. The van der Waals surface area contributed by atoms with E-state index in [2.05, 4.69) is 34.1 Å². The van der Waals surface area contributed by atoms with E-state index in [1.54, 1.807) is 10.9 Å². The molecule has 0 fully saturated rings. The van der Waals surface area contributed by atoms with Gasteiger partial charge in [-0.2, -0.15) is 14.6 Å². The van der Waals surface area contributed by atoms with Crippen LogP contribution in [0.2, 0.25) is 0 Å². The Morgan fingerprint density at radius 1 is 1.15 bits per heavy atom. The van der Waals surface area contributed by atoms with Crippen molar-refractivity contribution in [2.24, 2.45) is 0 Å². The second-order valence-corrected chi connectivity index (χ2v) is 4.72. The summed E-state index contributed by atoms with van der Waals surface area (Å²) in [6.45, 7) is 3.25. The SMILES string of the molecule is CCCC[n+]1ccn(-c2cccc(-n3cccn3)n2)c1. The lowest BCUT2D eigenvalue weighted by molar-refractivity contribution is -0.696. The van der Waals surface area contributed by atoms with E-state index in [1.165, 1.54) is 12.8 Å². The van der Waals surface area contributed by atoms with Crippen molar-refractivity contribution in [3.05, 3.63) is 55.4 Å². The Kier molecular flexibility index (Phi) is 3.58. The van der Waals surface area contributed by atoms with Crippen LogP contribution in [-0.4, -0.2) is 19.3 Å². The van der Waals surface area contributed by atoms with Crippen LogP contribution in [0.1, 0.15) is 19.8 Å².